The number of rotatable bonds is 3. The predicted octanol–water partition coefficient (Wildman–Crippen LogP) is 3.76. The van der Waals surface area contributed by atoms with Gasteiger partial charge in [-0.25, -0.2) is 8.78 Å². The molecule has 0 bridgehead atoms. The molecule has 0 saturated carbocycles. The number of halogens is 2. The third-order valence-corrected chi connectivity index (χ3v) is 3.35. The average molecular weight is 252 g/mol. The summed E-state index contributed by atoms with van der Waals surface area (Å²) in [6.07, 6.45) is 0.0367. The molecule has 0 atom stereocenters. The Balaban J connectivity index is 2.34. The maximum absolute atomic E-state index is 13.7. The monoisotopic (exact) mass is 252 g/mol. The molecular formula is C13H10F2OS. The first kappa shape index (κ1) is 11.9. The molecule has 0 saturated heterocycles. The zero-order chi connectivity index (χ0) is 12.4. The van der Waals surface area contributed by atoms with Gasteiger partial charge in [0.15, 0.2) is 5.78 Å². The van der Waals surface area contributed by atoms with Crippen LogP contribution in [-0.2, 0) is 6.42 Å². The molecule has 0 N–H and O–H groups in total. The highest BCUT2D eigenvalue weighted by molar-refractivity contribution is 7.10. The largest absolute Gasteiger partial charge is 0.294 e. The second kappa shape index (κ2) is 4.75. The van der Waals surface area contributed by atoms with Gasteiger partial charge in [0.05, 0.1) is 5.56 Å². The standard InChI is InChI=1S/C13H10F2OS/c1-8-4-5-10(14)12(13(8)15)11(16)7-9-3-2-6-17-9/h2-6H,7H2,1H3. The van der Waals surface area contributed by atoms with Gasteiger partial charge in [0, 0.05) is 11.3 Å². The molecule has 0 spiro atoms. The van der Waals surface area contributed by atoms with Crippen LogP contribution in [-0.4, -0.2) is 5.78 Å². The first-order valence-electron chi connectivity index (χ1n) is 5.10. The van der Waals surface area contributed by atoms with Gasteiger partial charge in [-0.2, -0.15) is 0 Å². The molecule has 0 amide bonds. The van der Waals surface area contributed by atoms with Gasteiger partial charge in [-0.05, 0) is 30.0 Å². The molecule has 1 nitrogen and oxygen atoms in total. The fourth-order valence-corrected chi connectivity index (χ4v) is 2.28. The van der Waals surface area contributed by atoms with Crippen molar-refractivity contribution in [3.05, 3.63) is 57.3 Å². The van der Waals surface area contributed by atoms with Crippen molar-refractivity contribution in [1.29, 1.82) is 0 Å². The highest BCUT2D eigenvalue weighted by Gasteiger charge is 2.19. The van der Waals surface area contributed by atoms with E-state index in [2.05, 4.69) is 0 Å². The summed E-state index contributed by atoms with van der Waals surface area (Å²) in [4.78, 5) is 12.6. The van der Waals surface area contributed by atoms with Crippen LogP contribution in [0, 0.1) is 18.6 Å². The molecular weight excluding hydrogens is 242 g/mol. The molecule has 0 radical (unpaired) electrons. The van der Waals surface area contributed by atoms with Crippen LogP contribution in [0.3, 0.4) is 0 Å². The molecule has 88 valence electrons. The van der Waals surface area contributed by atoms with E-state index in [1.807, 2.05) is 5.38 Å². The third kappa shape index (κ3) is 2.42. The lowest BCUT2D eigenvalue weighted by Gasteiger charge is -2.05. The number of Topliss-reactive ketones (excluding diaryl/α,β-unsaturated/α-hetero) is 1. The fourth-order valence-electron chi connectivity index (χ4n) is 1.57. The van der Waals surface area contributed by atoms with E-state index in [1.54, 1.807) is 12.1 Å². The summed E-state index contributed by atoms with van der Waals surface area (Å²) in [5.41, 5.74) is -0.153. The molecule has 0 aliphatic rings. The van der Waals surface area contributed by atoms with E-state index in [-0.39, 0.29) is 12.0 Å². The van der Waals surface area contributed by atoms with Crippen molar-refractivity contribution < 1.29 is 13.6 Å². The lowest BCUT2D eigenvalue weighted by atomic mass is 10.0. The van der Waals surface area contributed by atoms with Crippen molar-refractivity contribution in [1.82, 2.24) is 0 Å². The molecule has 1 aromatic heterocycles. The Kier molecular flexibility index (Phi) is 3.33. The summed E-state index contributed by atoms with van der Waals surface area (Å²) in [5.74, 6) is -2.08. The third-order valence-electron chi connectivity index (χ3n) is 2.48. The van der Waals surface area contributed by atoms with Gasteiger partial charge in [0.2, 0.25) is 0 Å². The summed E-state index contributed by atoms with van der Waals surface area (Å²) in [5, 5.41) is 1.82. The van der Waals surface area contributed by atoms with Gasteiger partial charge < -0.3 is 0 Å². The van der Waals surface area contributed by atoms with Gasteiger partial charge in [0.1, 0.15) is 11.6 Å². The van der Waals surface area contributed by atoms with Crippen LogP contribution in [0.15, 0.2) is 29.6 Å². The lowest BCUT2D eigenvalue weighted by molar-refractivity contribution is 0.0985. The summed E-state index contributed by atoms with van der Waals surface area (Å²) in [7, 11) is 0. The topological polar surface area (TPSA) is 17.1 Å². The van der Waals surface area contributed by atoms with Gasteiger partial charge >= 0.3 is 0 Å². The minimum absolute atomic E-state index is 0.0367. The minimum Gasteiger partial charge on any atom is -0.294 e. The Labute approximate surface area is 102 Å². The van der Waals surface area contributed by atoms with Crippen LogP contribution in [0.2, 0.25) is 0 Å². The molecule has 2 rings (SSSR count). The predicted molar refractivity (Wildman–Crippen MR) is 63.4 cm³/mol. The van der Waals surface area contributed by atoms with E-state index < -0.39 is 23.0 Å². The van der Waals surface area contributed by atoms with Crippen molar-refractivity contribution >= 4 is 17.1 Å². The number of hydrogen-bond acceptors (Lipinski definition) is 2. The molecule has 2 aromatic rings. The van der Waals surface area contributed by atoms with Crippen molar-refractivity contribution in [2.75, 3.05) is 0 Å². The number of hydrogen-bond donors (Lipinski definition) is 0. The second-order valence-corrected chi connectivity index (χ2v) is 4.76. The molecule has 0 unspecified atom stereocenters. The van der Waals surface area contributed by atoms with Crippen LogP contribution in [0.5, 0.6) is 0 Å². The Hall–Kier alpha value is -1.55. The number of benzene rings is 1. The van der Waals surface area contributed by atoms with E-state index >= 15 is 0 Å². The zero-order valence-corrected chi connectivity index (χ0v) is 9.98. The lowest BCUT2D eigenvalue weighted by Crippen LogP contribution is -2.09. The van der Waals surface area contributed by atoms with E-state index in [4.69, 9.17) is 0 Å². The summed E-state index contributed by atoms with van der Waals surface area (Å²) < 4.78 is 27.1. The molecule has 0 aliphatic heterocycles. The number of aryl methyl sites for hydroxylation is 1. The maximum Gasteiger partial charge on any atom is 0.173 e. The van der Waals surface area contributed by atoms with Crippen LogP contribution < -0.4 is 0 Å². The van der Waals surface area contributed by atoms with Crippen molar-refractivity contribution in [2.45, 2.75) is 13.3 Å². The first-order valence-corrected chi connectivity index (χ1v) is 5.97. The smallest absolute Gasteiger partial charge is 0.173 e. The first-order chi connectivity index (χ1) is 8.09. The van der Waals surface area contributed by atoms with Gasteiger partial charge in [-0.3, -0.25) is 4.79 Å². The van der Waals surface area contributed by atoms with Crippen LogP contribution >= 0.6 is 11.3 Å². The summed E-state index contributed by atoms with van der Waals surface area (Å²) in [6, 6.07) is 6.02. The fraction of sp³-hybridized carbons (Fsp3) is 0.154. The van der Waals surface area contributed by atoms with Crippen LogP contribution in [0.1, 0.15) is 20.8 Å². The Bertz CT molecular complexity index is 547. The maximum atomic E-state index is 13.7. The molecule has 0 aliphatic carbocycles. The SMILES string of the molecule is Cc1ccc(F)c(C(=O)Cc2cccs2)c1F. The van der Waals surface area contributed by atoms with E-state index in [1.165, 1.54) is 24.3 Å². The number of carbonyl (C=O) groups excluding carboxylic acids is 1. The summed E-state index contributed by atoms with van der Waals surface area (Å²) >= 11 is 1.40. The molecule has 17 heavy (non-hydrogen) atoms. The number of thiophene rings is 1. The Morgan fingerprint density at radius 2 is 2.06 bits per heavy atom. The Morgan fingerprint density at radius 1 is 1.29 bits per heavy atom. The minimum atomic E-state index is -0.797. The highest BCUT2D eigenvalue weighted by atomic mass is 32.1. The molecule has 1 heterocycles. The van der Waals surface area contributed by atoms with Gasteiger partial charge in [-0.15, -0.1) is 11.3 Å². The average Bonchev–Trinajstić information content (AvgIpc) is 2.77. The van der Waals surface area contributed by atoms with Crippen molar-refractivity contribution in [2.24, 2.45) is 0 Å². The zero-order valence-electron chi connectivity index (χ0n) is 9.17. The summed E-state index contributed by atoms with van der Waals surface area (Å²) in [6.45, 7) is 1.51. The van der Waals surface area contributed by atoms with E-state index in [9.17, 15) is 13.6 Å². The highest BCUT2D eigenvalue weighted by Crippen LogP contribution is 2.20. The Morgan fingerprint density at radius 3 is 2.71 bits per heavy atom. The van der Waals surface area contributed by atoms with Gasteiger partial charge in [-0.1, -0.05) is 12.1 Å². The normalized spacial score (nSPS) is 10.5. The second-order valence-electron chi connectivity index (χ2n) is 3.73. The van der Waals surface area contributed by atoms with Crippen LogP contribution in [0.4, 0.5) is 8.78 Å². The number of ketones is 1. The number of carbonyl (C=O) groups is 1. The van der Waals surface area contributed by atoms with Gasteiger partial charge in [0.25, 0.3) is 0 Å². The molecule has 0 fully saturated rings. The molecule has 1 aromatic carbocycles. The van der Waals surface area contributed by atoms with E-state index in [0.29, 0.717) is 0 Å². The van der Waals surface area contributed by atoms with Crippen molar-refractivity contribution in [3.8, 4) is 0 Å². The van der Waals surface area contributed by atoms with Crippen molar-refractivity contribution in [3.63, 3.8) is 0 Å². The quantitative estimate of drug-likeness (QED) is 0.760. The van der Waals surface area contributed by atoms with Crippen LogP contribution in [0.25, 0.3) is 0 Å². The van der Waals surface area contributed by atoms with E-state index in [0.717, 1.165) is 10.9 Å². The molecule has 4 heteroatoms.